The summed E-state index contributed by atoms with van der Waals surface area (Å²) in [6.07, 6.45) is 0. The number of carbonyl (C=O) groups is 1. The highest BCUT2D eigenvalue weighted by Crippen LogP contribution is 2.04. The first-order valence-electron chi connectivity index (χ1n) is 5.45. The zero-order chi connectivity index (χ0) is 12.1. The van der Waals surface area contributed by atoms with E-state index < -0.39 is 0 Å². The van der Waals surface area contributed by atoms with Gasteiger partial charge in [0.2, 0.25) is 0 Å². The Labute approximate surface area is 101 Å². The molecule has 1 heterocycles. The normalized spacial score (nSPS) is 18.3. The van der Waals surface area contributed by atoms with Gasteiger partial charge in [0, 0.05) is 13.1 Å². The van der Waals surface area contributed by atoms with Crippen molar-refractivity contribution in [3.05, 3.63) is 0 Å². The molecule has 0 aliphatic carbocycles. The second-order valence-electron chi connectivity index (χ2n) is 4.17. The highest BCUT2D eigenvalue weighted by Gasteiger charge is 2.23. The average molecular weight is 245 g/mol. The van der Waals surface area contributed by atoms with Crippen molar-refractivity contribution in [3.63, 3.8) is 0 Å². The van der Waals surface area contributed by atoms with Crippen molar-refractivity contribution < 1.29 is 9.53 Å². The molecular formula is C10H19N3O2S. The minimum Gasteiger partial charge on any atom is -0.392 e. The van der Waals surface area contributed by atoms with E-state index in [2.05, 4.69) is 5.32 Å². The van der Waals surface area contributed by atoms with Gasteiger partial charge in [-0.15, -0.1) is 0 Å². The largest absolute Gasteiger partial charge is 0.392 e. The summed E-state index contributed by atoms with van der Waals surface area (Å²) in [7, 11) is 0. The molecule has 0 aromatic rings. The molecule has 0 aromatic heterocycles. The molecule has 0 aromatic carbocycles. The molecular weight excluding hydrogens is 226 g/mol. The van der Waals surface area contributed by atoms with Crippen LogP contribution in [0.4, 0.5) is 4.79 Å². The Morgan fingerprint density at radius 2 is 2.00 bits per heavy atom. The molecule has 1 unspecified atom stereocenters. The molecule has 0 bridgehead atoms. The number of nitrogens with zero attached hydrogens (tertiary/aromatic N) is 1. The van der Waals surface area contributed by atoms with Gasteiger partial charge in [-0.1, -0.05) is 26.1 Å². The third-order valence-corrected chi connectivity index (χ3v) is 2.80. The molecule has 0 spiro atoms. The van der Waals surface area contributed by atoms with Crippen molar-refractivity contribution in [1.82, 2.24) is 10.2 Å². The topological polar surface area (TPSA) is 67.6 Å². The van der Waals surface area contributed by atoms with Gasteiger partial charge in [0.1, 0.15) is 0 Å². The maximum Gasteiger partial charge on any atom is 0.318 e. The second-order valence-corrected chi connectivity index (χ2v) is 4.64. The number of nitrogens with one attached hydrogen (secondary N) is 1. The molecule has 1 aliphatic heterocycles. The molecule has 6 heteroatoms. The summed E-state index contributed by atoms with van der Waals surface area (Å²) in [6.45, 7) is 6.37. The van der Waals surface area contributed by atoms with Crippen LogP contribution < -0.4 is 11.1 Å². The lowest BCUT2D eigenvalue weighted by Gasteiger charge is -2.30. The van der Waals surface area contributed by atoms with Crippen molar-refractivity contribution >= 4 is 23.2 Å². The first-order chi connectivity index (χ1) is 7.52. The fourth-order valence-electron chi connectivity index (χ4n) is 1.56. The smallest absolute Gasteiger partial charge is 0.318 e. The van der Waals surface area contributed by atoms with Crippen LogP contribution in [0.3, 0.4) is 0 Å². The third-order valence-electron chi connectivity index (χ3n) is 2.55. The summed E-state index contributed by atoms with van der Waals surface area (Å²) in [4.78, 5) is 13.9. The van der Waals surface area contributed by atoms with Gasteiger partial charge in [-0.3, -0.25) is 0 Å². The molecule has 1 atom stereocenters. The summed E-state index contributed by atoms with van der Waals surface area (Å²) < 4.78 is 5.18. The van der Waals surface area contributed by atoms with Gasteiger partial charge in [0.25, 0.3) is 0 Å². The number of ether oxygens (including phenoxy) is 1. The maximum atomic E-state index is 11.9. The summed E-state index contributed by atoms with van der Waals surface area (Å²) >= 11 is 4.93. The van der Waals surface area contributed by atoms with Crippen LogP contribution in [0.5, 0.6) is 0 Å². The lowest BCUT2D eigenvalue weighted by atomic mass is 10.1. The van der Waals surface area contributed by atoms with Crippen LogP contribution in [-0.2, 0) is 4.74 Å². The lowest BCUT2D eigenvalue weighted by molar-refractivity contribution is 0.0527. The van der Waals surface area contributed by atoms with E-state index in [1.165, 1.54) is 0 Å². The number of amides is 2. The highest BCUT2D eigenvalue weighted by atomic mass is 32.1. The molecule has 3 N–H and O–H groups in total. The molecule has 0 saturated carbocycles. The van der Waals surface area contributed by atoms with Gasteiger partial charge < -0.3 is 20.7 Å². The molecule has 1 aliphatic rings. The molecule has 92 valence electrons. The van der Waals surface area contributed by atoms with Crippen molar-refractivity contribution in [2.45, 2.75) is 19.9 Å². The first-order valence-corrected chi connectivity index (χ1v) is 5.85. The Kier molecular flexibility index (Phi) is 4.95. The van der Waals surface area contributed by atoms with E-state index in [1.54, 1.807) is 4.90 Å². The summed E-state index contributed by atoms with van der Waals surface area (Å²) in [6, 6.07) is -0.361. The molecule has 16 heavy (non-hydrogen) atoms. The van der Waals surface area contributed by atoms with Crippen molar-refractivity contribution in [2.24, 2.45) is 11.7 Å². The van der Waals surface area contributed by atoms with Gasteiger partial charge in [-0.2, -0.15) is 0 Å². The Morgan fingerprint density at radius 3 is 2.44 bits per heavy atom. The molecule has 0 radical (unpaired) electrons. The SMILES string of the molecule is CC(C)C(NC(=O)N1CCOCC1)C(N)=S. The van der Waals surface area contributed by atoms with Gasteiger partial charge in [0.05, 0.1) is 24.2 Å². The van der Waals surface area contributed by atoms with E-state index in [-0.39, 0.29) is 18.0 Å². The zero-order valence-corrected chi connectivity index (χ0v) is 10.5. The standard InChI is InChI=1S/C10H19N3O2S/c1-7(2)8(9(11)16)12-10(14)13-3-5-15-6-4-13/h7-8H,3-6H2,1-2H3,(H2,11,16)(H,12,14). The number of hydrogen-bond donors (Lipinski definition) is 2. The van der Waals surface area contributed by atoms with Gasteiger partial charge in [-0.05, 0) is 5.92 Å². The quantitative estimate of drug-likeness (QED) is 0.704. The minimum atomic E-state index is -0.245. The predicted octanol–water partition coefficient (Wildman–Crippen LogP) is 0.339. The van der Waals surface area contributed by atoms with Crippen LogP contribution in [0, 0.1) is 5.92 Å². The highest BCUT2D eigenvalue weighted by molar-refractivity contribution is 7.80. The number of carbonyl (C=O) groups excluding carboxylic acids is 1. The molecule has 2 amide bonds. The van der Waals surface area contributed by atoms with Crippen LogP contribution in [0.1, 0.15) is 13.8 Å². The predicted molar refractivity (Wildman–Crippen MR) is 66.3 cm³/mol. The number of urea groups is 1. The lowest BCUT2D eigenvalue weighted by Crippen LogP contribution is -2.53. The second kappa shape index (κ2) is 6.00. The number of rotatable bonds is 3. The summed E-state index contributed by atoms with van der Waals surface area (Å²) in [5.74, 6) is 0.197. The van der Waals surface area contributed by atoms with Crippen LogP contribution in [0.15, 0.2) is 0 Å². The maximum absolute atomic E-state index is 11.9. The zero-order valence-electron chi connectivity index (χ0n) is 9.73. The number of morpholine rings is 1. The molecule has 1 saturated heterocycles. The molecule has 1 rings (SSSR count). The van der Waals surface area contributed by atoms with E-state index in [4.69, 9.17) is 22.7 Å². The van der Waals surface area contributed by atoms with Crippen LogP contribution in [0.2, 0.25) is 0 Å². The van der Waals surface area contributed by atoms with Gasteiger partial charge in [0.15, 0.2) is 0 Å². The van der Waals surface area contributed by atoms with E-state index in [9.17, 15) is 4.79 Å². The van der Waals surface area contributed by atoms with E-state index >= 15 is 0 Å². The van der Waals surface area contributed by atoms with Crippen molar-refractivity contribution in [3.8, 4) is 0 Å². The summed E-state index contributed by atoms with van der Waals surface area (Å²) in [5.41, 5.74) is 5.59. The Hall–Kier alpha value is -0.880. The third kappa shape index (κ3) is 3.61. The monoisotopic (exact) mass is 245 g/mol. The Morgan fingerprint density at radius 1 is 1.44 bits per heavy atom. The first kappa shape index (κ1) is 13.2. The van der Waals surface area contributed by atoms with E-state index in [1.807, 2.05) is 13.8 Å². The number of hydrogen-bond acceptors (Lipinski definition) is 3. The fourth-order valence-corrected chi connectivity index (χ4v) is 1.89. The van der Waals surface area contributed by atoms with Crippen molar-refractivity contribution in [2.75, 3.05) is 26.3 Å². The van der Waals surface area contributed by atoms with E-state index in [0.29, 0.717) is 31.3 Å². The fraction of sp³-hybridized carbons (Fsp3) is 0.800. The number of nitrogens with two attached hydrogens (primary N) is 1. The van der Waals surface area contributed by atoms with Crippen LogP contribution >= 0.6 is 12.2 Å². The summed E-state index contributed by atoms with van der Waals surface area (Å²) in [5, 5.41) is 2.85. The average Bonchev–Trinajstić information content (AvgIpc) is 2.25. The Balaban J connectivity index is 2.50. The van der Waals surface area contributed by atoms with Crippen LogP contribution in [-0.4, -0.2) is 48.3 Å². The van der Waals surface area contributed by atoms with Crippen molar-refractivity contribution in [1.29, 1.82) is 0 Å². The molecule has 1 fully saturated rings. The van der Waals surface area contributed by atoms with Gasteiger partial charge >= 0.3 is 6.03 Å². The number of thiocarbonyl (C=S) groups is 1. The molecule has 5 nitrogen and oxygen atoms in total. The van der Waals surface area contributed by atoms with Crippen LogP contribution in [0.25, 0.3) is 0 Å². The minimum absolute atomic E-state index is 0.116. The Bertz CT molecular complexity index is 265. The van der Waals surface area contributed by atoms with Gasteiger partial charge in [-0.25, -0.2) is 4.79 Å². The van der Waals surface area contributed by atoms with E-state index in [0.717, 1.165) is 0 Å².